The summed E-state index contributed by atoms with van der Waals surface area (Å²) >= 11 is 0. The number of ether oxygens (including phenoxy) is 3. The second-order valence-electron chi connectivity index (χ2n) is 22.7. The second-order valence-corrected chi connectivity index (χ2v) is 22.7. The summed E-state index contributed by atoms with van der Waals surface area (Å²) in [5, 5.41) is 0. The average molecular weight is 1130 g/mol. The monoisotopic (exact) mass is 1120 g/mol. The largest absolute Gasteiger partial charge is 0.462 e. The van der Waals surface area contributed by atoms with Crippen LogP contribution in [0, 0.1) is 0 Å². The minimum atomic E-state index is -0.791. The number of hydrogen-bond acceptors (Lipinski definition) is 6. The van der Waals surface area contributed by atoms with Crippen molar-refractivity contribution in [3.63, 3.8) is 0 Å². The predicted molar refractivity (Wildman–Crippen MR) is 353 cm³/mol. The van der Waals surface area contributed by atoms with E-state index in [1.54, 1.807) is 0 Å². The van der Waals surface area contributed by atoms with Gasteiger partial charge in [0.05, 0.1) is 0 Å². The Hall–Kier alpha value is -3.93. The Balaban J connectivity index is 4.34. The Morgan fingerprint density at radius 1 is 0.259 bits per heavy atom. The molecule has 0 spiro atoms. The summed E-state index contributed by atoms with van der Waals surface area (Å²) in [5.41, 5.74) is 0. The molecule has 0 aromatic rings. The first-order valence-corrected chi connectivity index (χ1v) is 34.4. The van der Waals surface area contributed by atoms with Crippen LogP contribution in [0.3, 0.4) is 0 Å². The lowest BCUT2D eigenvalue weighted by Gasteiger charge is -2.18. The Morgan fingerprint density at radius 3 is 0.778 bits per heavy atom. The lowest BCUT2D eigenvalue weighted by Crippen LogP contribution is -2.30. The van der Waals surface area contributed by atoms with Crippen LogP contribution < -0.4 is 0 Å². The first-order chi connectivity index (χ1) is 40.0. The molecule has 0 rings (SSSR count). The van der Waals surface area contributed by atoms with E-state index in [0.29, 0.717) is 19.3 Å². The van der Waals surface area contributed by atoms with Gasteiger partial charge in [-0.25, -0.2) is 0 Å². The highest BCUT2D eigenvalue weighted by Crippen LogP contribution is 2.16. The molecule has 0 radical (unpaired) electrons. The molecule has 81 heavy (non-hydrogen) atoms. The SMILES string of the molecule is CC/C=C\C/C=C\C/C=C\C/C=C\C/C=C\C/C=C\CCCCCCCCC(=O)OCC(COC(=O)CCCCCCC/C=C\CCCCCC)OC(=O)CCCCCCCCCCCCCCC/C=C\C/C=C\CCCCCCC. The average Bonchev–Trinajstić information content (AvgIpc) is 3.46. The van der Waals surface area contributed by atoms with Gasteiger partial charge in [-0.1, -0.05) is 291 Å². The molecule has 0 saturated heterocycles. The maximum Gasteiger partial charge on any atom is 0.306 e. The fourth-order valence-electron chi connectivity index (χ4n) is 9.59. The first kappa shape index (κ1) is 77.1. The third kappa shape index (κ3) is 66.8. The normalized spacial score (nSPS) is 12.8. The van der Waals surface area contributed by atoms with Gasteiger partial charge in [0.15, 0.2) is 6.10 Å². The van der Waals surface area contributed by atoms with Crippen molar-refractivity contribution in [2.45, 2.75) is 335 Å². The van der Waals surface area contributed by atoms with Crippen LogP contribution in [-0.2, 0) is 28.6 Å². The second kappa shape index (κ2) is 68.6. The van der Waals surface area contributed by atoms with Gasteiger partial charge in [-0.2, -0.15) is 0 Å². The van der Waals surface area contributed by atoms with Gasteiger partial charge < -0.3 is 14.2 Å². The number of allylic oxidation sites excluding steroid dienone is 18. The van der Waals surface area contributed by atoms with Gasteiger partial charge in [-0.3, -0.25) is 14.4 Å². The Labute approximate surface area is 501 Å². The van der Waals surface area contributed by atoms with Gasteiger partial charge in [0.2, 0.25) is 0 Å². The van der Waals surface area contributed by atoms with Crippen molar-refractivity contribution in [1.29, 1.82) is 0 Å². The number of carbonyl (C=O) groups is 3. The topological polar surface area (TPSA) is 78.9 Å². The first-order valence-electron chi connectivity index (χ1n) is 34.4. The molecule has 0 saturated carbocycles. The molecular formula is C75H128O6. The molecule has 1 unspecified atom stereocenters. The van der Waals surface area contributed by atoms with Gasteiger partial charge in [-0.05, 0) is 128 Å². The lowest BCUT2D eigenvalue weighted by molar-refractivity contribution is -0.167. The van der Waals surface area contributed by atoms with Crippen LogP contribution in [0.5, 0.6) is 0 Å². The molecule has 0 fully saturated rings. The summed E-state index contributed by atoms with van der Waals surface area (Å²) in [7, 11) is 0. The molecular weight excluding hydrogens is 997 g/mol. The summed E-state index contributed by atoms with van der Waals surface area (Å²) in [6.45, 7) is 6.51. The Bertz CT molecular complexity index is 1620. The summed E-state index contributed by atoms with van der Waals surface area (Å²) in [6, 6.07) is 0. The lowest BCUT2D eigenvalue weighted by atomic mass is 10.0. The van der Waals surface area contributed by atoms with Crippen LogP contribution in [0.2, 0.25) is 0 Å². The standard InChI is InChI=1S/C75H128O6/c1-4-7-10-13-16-19-22-25-27-29-31-33-35-37-39-41-43-45-47-50-53-56-59-62-65-68-74(77)80-71-72(70-79-73(76)67-64-61-58-55-52-49-24-21-18-15-12-9-6-3)81-75(78)69-66-63-60-57-54-51-48-46-44-42-40-38-36-34-32-30-28-26-23-20-17-14-11-8-5-2/h7,10,16,19,21,23-27,30-33,37,39,43,45,72H,4-6,8-9,11-15,17-18,20,22,28-29,34-36,38,40-42,44,46-71H2,1-3H3/b10-7-,19-16-,24-21-,26-23-,27-25-,32-30-,33-31-,39-37-,45-43-. The van der Waals surface area contributed by atoms with Crippen molar-refractivity contribution < 1.29 is 28.6 Å². The minimum Gasteiger partial charge on any atom is -0.462 e. The zero-order chi connectivity index (χ0) is 58.5. The van der Waals surface area contributed by atoms with Crippen LogP contribution in [0.1, 0.15) is 329 Å². The van der Waals surface area contributed by atoms with Crippen LogP contribution in [0.15, 0.2) is 109 Å². The van der Waals surface area contributed by atoms with E-state index in [0.717, 1.165) is 122 Å². The molecule has 1 atom stereocenters. The molecule has 6 heteroatoms. The maximum atomic E-state index is 13.0. The molecule has 0 amide bonds. The van der Waals surface area contributed by atoms with E-state index in [9.17, 15) is 14.4 Å². The number of unbranched alkanes of at least 4 members (excludes halogenated alkanes) is 33. The highest BCUT2D eigenvalue weighted by atomic mass is 16.6. The van der Waals surface area contributed by atoms with Crippen molar-refractivity contribution in [2.75, 3.05) is 13.2 Å². The van der Waals surface area contributed by atoms with E-state index >= 15 is 0 Å². The van der Waals surface area contributed by atoms with E-state index in [2.05, 4.69) is 130 Å². The van der Waals surface area contributed by atoms with E-state index in [-0.39, 0.29) is 31.1 Å². The molecule has 0 aromatic carbocycles. The number of carbonyl (C=O) groups excluding carboxylic acids is 3. The molecule has 0 aromatic heterocycles. The van der Waals surface area contributed by atoms with E-state index in [1.165, 1.54) is 167 Å². The molecule has 0 bridgehead atoms. The van der Waals surface area contributed by atoms with Crippen LogP contribution in [-0.4, -0.2) is 37.2 Å². The Morgan fingerprint density at radius 2 is 0.481 bits per heavy atom. The molecule has 0 aliphatic rings. The van der Waals surface area contributed by atoms with Crippen molar-refractivity contribution >= 4 is 17.9 Å². The number of esters is 3. The minimum absolute atomic E-state index is 0.0869. The summed E-state index contributed by atoms with van der Waals surface area (Å²) in [6.07, 6.45) is 93.9. The van der Waals surface area contributed by atoms with Gasteiger partial charge in [0.1, 0.15) is 13.2 Å². The van der Waals surface area contributed by atoms with Gasteiger partial charge in [0.25, 0.3) is 0 Å². The fraction of sp³-hybridized carbons (Fsp3) is 0.720. The van der Waals surface area contributed by atoms with Gasteiger partial charge in [-0.15, -0.1) is 0 Å². The summed E-state index contributed by atoms with van der Waals surface area (Å²) in [5.74, 6) is -0.900. The van der Waals surface area contributed by atoms with Gasteiger partial charge >= 0.3 is 17.9 Å². The van der Waals surface area contributed by atoms with Crippen molar-refractivity contribution in [3.05, 3.63) is 109 Å². The number of rotatable bonds is 62. The smallest absolute Gasteiger partial charge is 0.306 e. The van der Waals surface area contributed by atoms with Crippen LogP contribution in [0.4, 0.5) is 0 Å². The van der Waals surface area contributed by atoms with Crippen molar-refractivity contribution in [1.82, 2.24) is 0 Å². The van der Waals surface area contributed by atoms with Gasteiger partial charge in [0, 0.05) is 19.3 Å². The third-order valence-electron chi connectivity index (χ3n) is 14.7. The summed E-state index contributed by atoms with van der Waals surface area (Å²) < 4.78 is 17.0. The quantitative estimate of drug-likeness (QED) is 0.0261. The molecule has 0 aliphatic carbocycles. The molecule has 0 heterocycles. The molecule has 6 nitrogen and oxygen atoms in total. The predicted octanol–water partition coefficient (Wildman–Crippen LogP) is 23.8. The van der Waals surface area contributed by atoms with Crippen molar-refractivity contribution in [3.8, 4) is 0 Å². The molecule has 464 valence electrons. The molecule has 0 N–H and O–H groups in total. The van der Waals surface area contributed by atoms with E-state index in [4.69, 9.17) is 14.2 Å². The van der Waals surface area contributed by atoms with Crippen LogP contribution in [0.25, 0.3) is 0 Å². The van der Waals surface area contributed by atoms with Crippen LogP contribution >= 0.6 is 0 Å². The Kier molecular flexibility index (Phi) is 65.2. The molecule has 0 aliphatic heterocycles. The number of hydrogen-bond donors (Lipinski definition) is 0. The zero-order valence-corrected chi connectivity index (χ0v) is 53.3. The van der Waals surface area contributed by atoms with E-state index in [1.807, 2.05) is 0 Å². The maximum absolute atomic E-state index is 13.0. The van der Waals surface area contributed by atoms with Crippen molar-refractivity contribution in [2.24, 2.45) is 0 Å². The van der Waals surface area contributed by atoms with E-state index < -0.39 is 6.10 Å². The zero-order valence-electron chi connectivity index (χ0n) is 53.3. The summed E-state index contributed by atoms with van der Waals surface area (Å²) in [4.78, 5) is 38.4. The fourth-order valence-corrected chi connectivity index (χ4v) is 9.59. The highest BCUT2D eigenvalue weighted by molar-refractivity contribution is 5.71. The highest BCUT2D eigenvalue weighted by Gasteiger charge is 2.19. The third-order valence-corrected chi connectivity index (χ3v) is 14.7.